The lowest BCUT2D eigenvalue weighted by Crippen LogP contribution is -2.38. The van der Waals surface area contributed by atoms with Crippen molar-refractivity contribution in [2.24, 2.45) is 5.41 Å². The minimum absolute atomic E-state index is 0.0598. The highest BCUT2D eigenvalue weighted by Crippen LogP contribution is 2.29. The Hall–Kier alpha value is -2.16. The van der Waals surface area contributed by atoms with Gasteiger partial charge < -0.3 is 13.8 Å². The van der Waals surface area contributed by atoms with Crippen LogP contribution < -0.4 is 4.18 Å². The van der Waals surface area contributed by atoms with Gasteiger partial charge in [0.15, 0.2) is 0 Å². The third-order valence-electron chi connectivity index (χ3n) is 5.17. The summed E-state index contributed by atoms with van der Waals surface area (Å²) in [5.41, 5.74) is 0.235. The van der Waals surface area contributed by atoms with Crippen molar-refractivity contribution in [2.45, 2.75) is 57.6 Å². The van der Waals surface area contributed by atoms with Crippen molar-refractivity contribution in [1.82, 2.24) is 4.90 Å². The third kappa shape index (κ3) is 7.42. The van der Waals surface area contributed by atoms with E-state index >= 15 is 0 Å². The summed E-state index contributed by atoms with van der Waals surface area (Å²) in [6, 6.07) is 8.93. The number of halogens is 2. The number of nitrogens with zero attached hydrogens (tertiary/aromatic N) is 1. The Labute approximate surface area is 199 Å². The van der Waals surface area contributed by atoms with Gasteiger partial charge in [-0.2, -0.15) is 8.42 Å². The summed E-state index contributed by atoms with van der Waals surface area (Å²) in [5.74, 6) is -0.557. The molecule has 1 fully saturated rings. The molecule has 33 heavy (non-hydrogen) atoms. The van der Waals surface area contributed by atoms with Gasteiger partial charge in [-0.15, -0.1) is 0 Å². The predicted molar refractivity (Wildman–Crippen MR) is 124 cm³/mol. The summed E-state index contributed by atoms with van der Waals surface area (Å²) >= 11 is 6.19. The molecule has 0 aliphatic carbocycles. The molecule has 9 heteroatoms. The molecule has 1 saturated heterocycles. The van der Waals surface area contributed by atoms with Crippen molar-refractivity contribution in [3.8, 4) is 5.75 Å². The molecule has 1 aliphatic heterocycles. The molecule has 1 heterocycles. The number of hydrogen-bond donors (Lipinski definition) is 0. The van der Waals surface area contributed by atoms with Crippen molar-refractivity contribution in [2.75, 3.05) is 13.2 Å². The summed E-state index contributed by atoms with van der Waals surface area (Å²) in [5, 5.41) is 0.386. The van der Waals surface area contributed by atoms with Crippen molar-refractivity contribution in [3.63, 3.8) is 0 Å². The lowest BCUT2D eigenvalue weighted by molar-refractivity contribution is -0.135. The SMILES string of the molecule is CC(C)(C)CC(=O)N(Cc1cc(Cl)ccc1OS(=O)(=O)c1ccc(F)cc1)C[C@@H]1CCCO1. The topological polar surface area (TPSA) is 72.9 Å². The molecule has 1 amide bonds. The van der Waals surface area contributed by atoms with Crippen LogP contribution in [-0.2, 0) is 26.2 Å². The average molecular weight is 498 g/mol. The van der Waals surface area contributed by atoms with Gasteiger partial charge in [0.1, 0.15) is 16.5 Å². The monoisotopic (exact) mass is 497 g/mol. The minimum Gasteiger partial charge on any atom is -0.379 e. The zero-order chi connectivity index (χ0) is 24.2. The van der Waals surface area contributed by atoms with Gasteiger partial charge in [-0.05, 0) is 60.7 Å². The first-order valence-electron chi connectivity index (χ1n) is 10.8. The van der Waals surface area contributed by atoms with E-state index in [1.807, 2.05) is 20.8 Å². The summed E-state index contributed by atoms with van der Waals surface area (Å²) in [4.78, 5) is 14.6. The summed E-state index contributed by atoms with van der Waals surface area (Å²) < 4.78 is 49.8. The molecule has 1 atom stereocenters. The van der Waals surface area contributed by atoms with E-state index in [2.05, 4.69) is 0 Å². The Balaban J connectivity index is 1.88. The van der Waals surface area contributed by atoms with Gasteiger partial charge in [-0.25, -0.2) is 4.39 Å². The molecule has 0 spiro atoms. The molecule has 2 aromatic carbocycles. The van der Waals surface area contributed by atoms with Crippen LogP contribution in [0.1, 0.15) is 45.6 Å². The van der Waals surface area contributed by atoms with E-state index < -0.39 is 15.9 Å². The Morgan fingerprint density at radius 1 is 1.21 bits per heavy atom. The van der Waals surface area contributed by atoms with Crippen LogP contribution in [0.4, 0.5) is 4.39 Å². The standard InChI is InChI=1S/C24H29ClFNO5S/c1-24(2,3)14-23(28)27(16-20-5-4-12-31-20)15-17-13-18(25)6-11-22(17)32-33(29,30)21-9-7-19(26)8-10-21/h6-11,13,20H,4-5,12,14-16H2,1-3H3/t20-/m0/s1. The molecule has 0 unspecified atom stereocenters. The third-order valence-corrected chi connectivity index (χ3v) is 6.65. The lowest BCUT2D eigenvalue weighted by atomic mass is 9.91. The fourth-order valence-electron chi connectivity index (χ4n) is 3.58. The van der Waals surface area contributed by atoms with Crippen LogP contribution in [0.25, 0.3) is 0 Å². The number of hydrogen-bond acceptors (Lipinski definition) is 5. The first kappa shape index (κ1) is 25.5. The fraction of sp³-hybridized carbons (Fsp3) is 0.458. The average Bonchev–Trinajstić information content (AvgIpc) is 3.21. The molecule has 2 aromatic rings. The lowest BCUT2D eigenvalue weighted by Gasteiger charge is -2.29. The second-order valence-corrected chi connectivity index (χ2v) is 11.4. The maximum atomic E-state index is 13.2. The molecular weight excluding hydrogens is 469 g/mol. The van der Waals surface area contributed by atoms with Crippen LogP contribution >= 0.6 is 11.6 Å². The molecule has 0 saturated carbocycles. The molecule has 0 radical (unpaired) electrons. The van der Waals surface area contributed by atoms with Gasteiger partial charge in [-0.1, -0.05) is 32.4 Å². The van der Waals surface area contributed by atoms with E-state index in [1.54, 1.807) is 11.0 Å². The van der Waals surface area contributed by atoms with Gasteiger partial charge >= 0.3 is 10.1 Å². The van der Waals surface area contributed by atoms with E-state index in [0.29, 0.717) is 30.2 Å². The van der Waals surface area contributed by atoms with Crippen LogP contribution in [0, 0.1) is 11.2 Å². The zero-order valence-electron chi connectivity index (χ0n) is 19.0. The van der Waals surface area contributed by atoms with Crippen LogP contribution in [0.3, 0.4) is 0 Å². The van der Waals surface area contributed by atoms with Gasteiger partial charge in [0.05, 0.1) is 6.10 Å². The Morgan fingerprint density at radius 3 is 2.52 bits per heavy atom. The van der Waals surface area contributed by atoms with Crippen LogP contribution in [0.15, 0.2) is 47.4 Å². The Kier molecular flexibility index (Phi) is 8.03. The molecule has 6 nitrogen and oxygen atoms in total. The second-order valence-electron chi connectivity index (χ2n) is 9.39. The van der Waals surface area contributed by atoms with Crippen LogP contribution in [0.2, 0.25) is 5.02 Å². The first-order chi connectivity index (χ1) is 15.4. The highest BCUT2D eigenvalue weighted by Gasteiger charge is 2.27. The maximum Gasteiger partial charge on any atom is 0.339 e. The van der Waals surface area contributed by atoms with E-state index in [4.69, 9.17) is 20.5 Å². The van der Waals surface area contributed by atoms with E-state index in [-0.39, 0.29) is 34.6 Å². The van der Waals surface area contributed by atoms with Gasteiger partial charge in [-0.3, -0.25) is 4.79 Å². The van der Waals surface area contributed by atoms with Gasteiger partial charge in [0.2, 0.25) is 5.91 Å². The number of amides is 1. The van der Waals surface area contributed by atoms with Crippen molar-refractivity contribution >= 4 is 27.6 Å². The first-order valence-corrected chi connectivity index (χ1v) is 12.6. The highest BCUT2D eigenvalue weighted by molar-refractivity contribution is 7.87. The quantitative estimate of drug-likeness (QED) is 0.469. The number of rotatable bonds is 8. The predicted octanol–water partition coefficient (Wildman–Crippen LogP) is 5.19. The summed E-state index contributed by atoms with van der Waals surface area (Å²) in [6.45, 7) is 7.12. The van der Waals surface area contributed by atoms with E-state index in [1.165, 1.54) is 12.1 Å². The van der Waals surface area contributed by atoms with Crippen LogP contribution in [-0.4, -0.2) is 38.5 Å². The molecular formula is C24H29ClFNO5S. The Morgan fingerprint density at radius 2 is 1.91 bits per heavy atom. The molecule has 3 rings (SSSR count). The smallest absolute Gasteiger partial charge is 0.339 e. The zero-order valence-corrected chi connectivity index (χ0v) is 20.6. The van der Waals surface area contributed by atoms with E-state index in [9.17, 15) is 17.6 Å². The van der Waals surface area contributed by atoms with Gasteiger partial charge in [0.25, 0.3) is 0 Å². The van der Waals surface area contributed by atoms with Crippen molar-refractivity contribution in [3.05, 3.63) is 58.9 Å². The Bertz CT molecular complexity index is 1080. The number of carbonyl (C=O) groups excluding carboxylic acids is 1. The molecule has 0 aromatic heterocycles. The van der Waals surface area contributed by atoms with Gasteiger partial charge in [0, 0.05) is 36.7 Å². The molecule has 0 N–H and O–H groups in total. The van der Waals surface area contributed by atoms with Crippen LogP contribution in [0.5, 0.6) is 5.75 Å². The maximum absolute atomic E-state index is 13.2. The molecule has 0 bridgehead atoms. The van der Waals surface area contributed by atoms with Crippen molar-refractivity contribution < 1.29 is 26.5 Å². The number of ether oxygens (including phenoxy) is 1. The number of carbonyl (C=O) groups is 1. The normalized spacial score (nSPS) is 16.6. The summed E-state index contributed by atoms with van der Waals surface area (Å²) in [6.07, 6.45) is 2.05. The fourth-order valence-corrected chi connectivity index (χ4v) is 4.74. The molecule has 180 valence electrons. The summed E-state index contributed by atoms with van der Waals surface area (Å²) in [7, 11) is -4.21. The molecule has 1 aliphatic rings. The minimum atomic E-state index is -4.21. The highest BCUT2D eigenvalue weighted by atomic mass is 35.5. The van der Waals surface area contributed by atoms with E-state index in [0.717, 1.165) is 37.1 Å². The second kappa shape index (κ2) is 10.4. The number of benzene rings is 2. The van der Waals surface area contributed by atoms with Crippen molar-refractivity contribution in [1.29, 1.82) is 0 Å². The largest absolute Gasteiger partial charge is 0.379 e.